The molecule has 0 unspecified atom stereocenters. The van der Waals surface area contributed by atoms with E-state index < -0.39 is 28.1 Å². The topological polar surface area (TPSA) is 120 Å². The van der Waals surface area contributed by atoms with E-state index in [2.05, 4.69) is 10.1 Å². The Balaban J connectivity index is 1.29. The Morgan fingerprint density at radius 2 is 1.90 bits per heavy atom. The van der Waals surface area contributed by atoms with Crippen LogP contribution >= 0.6 is 0 Å². The van der Waals surface area contributed by atoms with Crippen LogP contribution in [0.1, 0.15) is 58.5 Å². The maximum Gasteiger partial charge on any atom is 0.586 e. The Morgan fingerprint density at radius 1 is 1.15 bits per heavy atom. The predicted molar refractivity (Wildman–Crippen MR) is 145 cm³/mol. The number of sulfone groups is 1. The summed E-state index contributed by atoms with van der Waals surface area (Å²) < 4.78 is 62.5. The van der Waals surface area contributed by atoms with Gasteiger partial charge >= 0.3 is 6.29 Å². The van der Waals surface area contributed by atoms with E-state index in [1.807, 2.05) is 4.57 Å². The van der Waals surface area contributed by atoms with Gasteiger partial charge in [0.05, 0.1) is 35.1 Å². The van der Waals surface area contributed by atoms with Crippen molar-refractivity contribution in [2.75, 3.05) is 12.9 Å². The molecule has 3 aromatic carbocycles. The first-order chi connectivity index (χ1) is 19.5. The first-order valence-corrected chi connectivity index (χ1v) is 15.0. The molecule has 1 fully saturated rings. The number of para-hydroxylation sites is 1. The summed E-state index contributed by atoms with van der Waals surface area (Å²) in [6, 6.07) is 15.1. The van der Waals surface area contributed by atoms with E-state index in [1.165, 1.54) is 18.2 Å². The smallest absolute Gasteiger partial charge is 0.395 e. The largest absolute Gasteiger partial charge is 0.586 e. The van der Waals surface area contributed by atoms with Gasteiger partial charge in [-0.1, -0.05) is 30.7 Å². The van der Waals surface area contributed by atoms with Crippen LogP contribution in [-0.4, -0.2) is 48.1 Å². The van der Waals surface area contributed by atoms with E-state index in [-0.39, 0.29) is 35.5 Å². The van der Waals surface area contributed by atoms with Gasteiger partial charge in [-0.3, -0.25) is 4.79 Å². The Bertz CT molecular complexity index is 1750. The van der Waals surface area contributed by atoms with Crippen molar-refractivity contribution in [2.24, 2.45) is 0 Å². The molecule has 4 aromatic rings. The Hall–Kier alpha value is -4.03. The van der Waals surface area contributed by atoms with Crippen molar-refractivity contribution < 1.29 is 36.6 Å². The zero-order valence-electron chi connectivity index (χ0n) is 22.0. The van der Waals surface area contributed by atoms with Gasteiger partial charge in [-0.2, -0.15) is 0 Å². The van der Waals surface area contributed by atoms with Crippen LogP contribution in [0, 0.1) is 0 Å². The number of ether oxygens (including phenoxy) is 2. The number of hydrogen-bond acceptors (Lipinski definition) is 7. The average molecular weight is 584 g/mol. The van der Waals surface area contributed by atoms with Crippen molar-refractivity contribution in [2.45, 2.75) is 49.0 Å². The van der Waals surface area contributed by atoms with Crippen molar-refractivity contribution in [3.8, 4) is 11.5 Å². The minimum atomic E-state index is -3.73. The van der Waals surface area contributed by atoms with Crippen LogP contribution in [0.2, 0.25) is 0 Å². The molecule has 1 saturated carbocycles. The van der Waals surface area contributed by atoms with Crippen molar-refractivity contribution in [3.63, 3.8) is 0 Å². The summed E-state index contributed by atoms with van der Waals surface area (Å²) in [6.07, 6.45) is 0.360. The lowest BCUT2D eigenvalue weighted by atomic mass is 9.85. The minimum Gasteiger partial charge on any atom is -0.395 e. The molecule has 41 heavy (non-hydrogen) atoms. The highest BCUT2D eigenvalue weighted by molar-refractivity contribution is 7.90. The third-order valence-electron chi connectivity index (χ3n) is 7.55. The summed E-state index contributed by atoms with van der Waals surface area (Å²) >= 11 is 0. The van der Waals surface area contributed by atoms with Crippen LogP contribution in [0.5, 0.6) is 11.5 Å². The summed E-state index contributed by atoms with van der Waals surface area (Å²) in [5.74, 6) is 0.557. The third-order valence-corrected chi connectivity index (χ3v) is 8.68. The average Bonchev–Trinajstić information content (AvgIpc) is 3.41. The normalized spacial score (nSPS) is 16.9. The fraction of sp³-hybridized carbons (Fsp3) is 0.310. The quantitative estimate of drug-likeness (QED) is 0.313. The number of aromatic nitrogens is 2. The van der Waals surface area contributed by atoms with E-state index in [0.717, 1.165) is 36.9 Å². The molecule has 2 aliphatic rings. The third kappa shape index (κ3) is 5.24. The molecule has 1 amide bonds. The summed E-state index contributed by atoms with van der Waals surface area (Å²) in [5.41, 5.74) is 2.71. The molecule has 6 rings (SSSR count). The van der Waals surface area contributed by atoms with Crippen molar-refractivity contribution >= 4 is 26.8 Å². The van der Waals surface area contributed by atoms with Gasteiger partial charge in [0.15, 0.2) is 21.3 Å². The van der Waals surface area contributed by atoms with Crippen molar-refractivity contribution in [1.82, 2.24) is 14.9 Å². The number of carbonyl (C=O) groups excluding carboxylic acids is 1. The van der Waals surface area contributed by atoms with Crippen LogP contribution in [0.4, 0.5) is 8.78 Å². The first-order valence-electron chi connectivity index (χ1n) is 13.1. The molecule has 1 atom stereocenters. The van der Waals surface area contributed by atoms with Gasteiger partial charge in [-0.15, -0.1) is 8.78 Å². The number of aliphatic hydroxyl groups excluding tert-OH is 1. The highest BCUT2D eigenvalue weighted by Gasteiger charge is 2.44. The monoisotopic (exact) mass is 583 g/mol. The van der Waals surface area contributed by atoms with Crippen molar-refractivity contribution in [1.29, 1.82) is 0 Å². The van der Waals surface area contributed by atoms with Crippen LogP contribution in [0.15, 0.2) is 65.6 Å². The highest BCUT2D eigenvalue weighted by Crippen LogP contribution is 2.44. The summed E-state index contributed by atoms with van der Waals surface area (Å²) in [7, 11) is -3.38. The SMILES string of the molecule is CS(=O)(=O)c1ccc([C@H](CO)NC(=O)c2ccc3c(c2)nc(C2CCC2)n3Cc2cccc3c2OC(F)(F)O3)cc1. The number of amides is 1. The molecule has 0 spiro atoms. The second-order valence-corrected chi connectivity index (χ2v) is 12.4. The fourth-order valence-electron chi connectivity index (χ4n) is 5.18. The number of benzene rings is 3. The lowest BCUT2D eigenvalue weighted by molar-refractivity contribution is -0.286. The van der Waals surface area contributed by atoms with Crippen LogP contribution in [-0.2, 0) is 16.4 Å². The molecule has 12 heteroatoms. The van der Waals surface area contributed by atoms with Gasteiger partial charge in [-0.25, -0.2) is 13.4 Å². The Kier molecular flexibility index (Phi) is 6.69. The first kappa shape index (κ1) is 27.2. The van der Waals surface area contributed by atoms with Gasteiger partial charge in [0.25, 0.3) is 5.91 Å². The number of alkyl halides is 2. The van der Waals surface area contributed by atoms with Crippen LogP contribution < -0.4 is 14.8 Å². The van der Waals surface area contributed by atoms with E-state index in [1.54, 1.807) is 42.5 Å². The Morgan fingerprint density at radius 3 is 2.56 bits per heavy atom. The highest BCUT2D eigenvalue weighted by atomic mass is 32.2. The molecular formula is C29H27F2N3O6S. The molecule has 9 nitrogen and oxygen atoms in total. The maximum absolute atomic E-state index is 13.8. The zero-order chi connectivity index (χ0) is 28.9. The second-order valence-electron chi connectivity index (χ2n) is 10.3. The molecule has 214 valence electrons. The van der Waals surface area contributed by atoms with E-state index in [4.69, 9.17) is 9.72 Å². The number of hydrogen-bond donors (Lipinski definition) is 2. The van der Waals surface area contributed by atoms with Crippen LogP contribution in [0.3, 0.4) is 0 Å². The number of fused-ring (bicyclic) bond motifs is 2. The molecule has 2 heterocycles. The van der Waals surface area contributed by atoms with Gasteiger partial charge in [0, 0.05) is 23.3 Å². The summed E-state index contributed by atoms with van der Waals surface area (Å²) in [4.78, 5) is 18.2. The van der Waals surface area contributed by atoms with E-state index >= 15 is 0 Å². The summed E-state index contributed by atoms with van der Waals surface area (Å²) in [6.45, 7) is -0.161. The predicted octanol–water partition coefficient (Wildman–Crippen LogP) is 4.54. The maximum atomic E-state index is 13.8. The molecule has 0 saturated heterocycles. The number of nitrogens with zero attached hydrogens (tertiary/aromatic N) is 2. The molecule has 1 aromatic heterocycles. The summed E-state index contributed by atoms with van der Waals surface area (Å²) in [5, 5.41) is 12.7. The minimum absolute atomic E-state index is 0.00507. The van der Waals surface area contributed by atoms with E-state index in [0.29, 0.717) is 22.2 Å². The molecule has 1 aliphatic carbocycles. The second kappa shape index (κ2) is 10.1. The van der Waals surface area contributed by atoms with Gasteiger partial charge in [0.1, 0.15) is 5.82 Å². The Labute approximate surface area is 234 Å². The fourth-order valence-corrected chi connectivity index (χ4v) is 5.81. The number of rotatable bonds is 8. The number of aliphatic hydroxyl groups is 1. The standard InChI is InChI=1S/C29H27F2N3O6S/c1-41(37,38)21-11-8-17(9-12-21)23(16-35)33-28(36)19-10-13-24-22(14-19)32-27(18-4-2-5-18)34(24)15-20-6-3-7-25-26(20)40-29(30,31)39-25/h3,6-14,18,23,35H,2,4-5,15-16H2,1H3,(H,33,36)/t23-/m0/s1. The van der Waals surface area contributed by atoms with Crippen LogP contribution in [0.25, 0.3) is 11.0 Å². The molecule has 2 N–H and O–H groups in total. The zero-order valence-corrected chi connectivity index (χ0v) is 22.8. The number of carbonyl (C=O) groups is 1. The lowest BCUT2D eigenvalue weighted by Crippen LogP contribution is -2.30. The van der Waals surface area contributed by atoms with Gasteiger partial charge in [-0.05, 0) is 54.8 Å². The molecule has 0 bridgehead atoms. The number of imidazole rings is 1. The van der Waals surface area contributed by atoms with Crippen molar-refractivity contribution in [3.05, 3.63) is 83.2 Å². The van der Waals surface area contributed by atoms with Gasteiger partial charge in [0.2, 0.25) is 0 Å². The molecule has 1 aliphatic heterocycles. The molecular weight excluding hydrogens is 556 g/mol. The lowest BCUT2D eigenvalue weighted by Gasteiger charge is -2.25. The number of nitrogens with one attached hydrogen (secondary N) is 1. The molecule has 0 radical (unpaired) electrons. The van der Waals surface area contributed by atoms with Gasteiger partial charge < -0.3 is 24.5 Å². The van der Waals surface area contributed by atoms with E-state index in [9.17, 15) is 27.1 Å². The number of halogens is 2.